The molecule has 1 fully saturated rings. The molecule has 6 nitrogen and oxygen atoms in total. The molecule has 1 aliphatic carbocycles. The Morgan fingerprint density at radius 2 is 1.62 bits per heavy atom. The lowest BCUT2D eigenvalue weighted by Gasteiger charge is -2.39. The van der Waals surface area contributed by atoms with Crippen molar-refractivity contribution >= 4 is 33.2 Å². The van der Waals surface area contributed by atoms with Crippen LogP contribution in [-0.2, 0) is 10.0 Å². The summed E-state index contributed by atoms with van der Waals surface area (Å²) in [7, 11) is 1.66. The second-order valence-corrected chi connectivity index (χ2v) is 11.0. The summed E-state index contributed by atoms with van der Waals surface area (Å²) >= 11 is 6.25. The smallest absolute Gasteiger partial charge is 0.265 e. The van der Waals surface area contributed by atoms with Gasteiger partial charge in [0.25, 0.3) is 15.9 Å². The van der Waals surface area contributed by atoms with Crippen molar-refractivity contribution in [3.8, 4) is 0 Å². The molecule has 1 saturated carbocycles. The maximum absolute atomic E-state index is 13.2. The van der Waals surface area contributed by atoms with Crippen molar-refractivity contribution in [2.75, 3.05) is 32.0 Å². The molecule has 0 aliphatic heterocycles. The Morgan fingerprint density at radius 1 is 1.00 bits per heavy atom. The Hall–Kier alpha value is -2.09. The number of halogens is 1. The van der Waals surface area contributed by atoms with Crippen molar-refractivity contribution in [1.29, 1.82) is 0 Å². The van der Waals surface area contributed by atoms with Crippen molar-refractivity contribution in [2.45, 2.75) is 49.0 Å². The SMILES string of the molecule is CN(C)C1(CNC(=O)c2ccc(Cl)c(S(=O)(=O)N(C)c3ccccc3)c2)CCCCCC1. The zero-order valence-corrected chi connectivity index (χ0v) is 20.5. The standard InChI is InChI=1S/C24H32ClN3O3S/c1-27(2)24(15-9-4-5-10-16-24)18-26-23(29)19-13-14-21(25)22(17-19)32(30,31)28(3)20-11-7-6-8-12-20/h6-8,11-14,17H,4-5,9-10,15-16,18H2,1-3H3,(H,26,29). The topological polar surface area (TPSA) is 69.7 Å². The molecule has 0 spiro atoms. The maximum Gasteiger partial charge on any atom is 0.265 e. The van der Waals surface area contributed by atoms with Gasteiger partial charge in [-0.3, -0.25) is 9.10 Å². The monoisotopic (exact) mass is 477 g/mol. The van der Waals surface area contributed by atoms with E-state index >= 15 is 0 Å². The van der Waals surface area contributed by atoms with Gasteiger partial charge < -0.3 is 10.2 Å². The Morgan fingerprint density at radius 3 is 2.22 bits per heavy atom. The van der Waals surface area contributed by atoms with E-state index in [1.807, 2.05) is 6.07 Å². The molecule has 32 heavy (non-hydrogen) atoms. The van der Waals surface area contributed by atoms with Crippen LogP contribution in [-0.4, -0.2) is 52.5 Å². The summed E-state index contributed by atoms with van der Waals surface area (Å²) in [5.74, 6) is -0.300. The highest BCUT2D eigenvalue weighted by atomic mass is 35.5. The predicted molar refractivity (Wildman–Crippen MR) is 130 cm³/mol. The van der Waals surface area contributed by atoms with Crippen molar-refractivity contribution in [2.24, 2.45) is 0 Å². The van der Waals surface area contributed by atoms with Crippen LogP contribution >= 0.6 is 11.6 Å². The number of para-hydroxylation sites is 1. The van der Waals surface area contributed by atoms with Gasteiger partial charge in [-0.05, 0) is 57.3 Å². The Kier molecular flexibility index (Phi) is 7.85. The normalized spacial score (nSPS) is 16.4. The van der Waals surface area contributed by atoms with Crippen LogP contribution in [0.1, 0.15) is 48.9 Å². The van der Waals surface area contributed by atoms with Crippen molar-refractivity contribution in [1.82, 2.24) is 10.2 Å². The summed E-state index contributed by atoms with van der Waals surface area (Å²) in [5.41, 5.74) is 0.706. The second-order valence-electron chi connectivity index (χ2n) is 8.67. The minimum atomic E-state index is -3.93. The van der Waals surface area contributed by atoms with Gasteiger partial charge in [0.2, 0.25) is 0 Å². The largest absolute Gasteiger partial charge is 0.350 e. The van der Waals surface area contributed by atoms with Gasteiger partial charge in [-0.15, -0.1) is 0 Å². The minimum Gasteiger partial charge on any atom is -0.350 e. The molecular weight excluding hydrogens is 446 g/mol. The summed E-state index contributed by atoms with van der Waals surface area (Å²) in [6.45, 7) is 0.521. The quantitative estimate of drug-likeness (QED) is 0.594. The molecule has 1 N–H and O–H groups in total. The van der Waals surface area contributed by atoms with Gasteiger partial charge in [0.15, 0.2) is 0 Å². The molecule has 0 heterocycles. The number of nitrogens with one attached hydrogen (secondary N) is 1. The zero-order valence-electron chi connectivity index (χ0n) is 19.0. The third-order valence-electron chi connectivity index (χ3n) is 6.51. The lowest BCUT2D eigenvalue weighted by molar-refractivity contribution is 0.0869. The fourth-order valence-corrected chi connectivity index (χ4v) is 5.98. The van der Waals surface area contributed by atoms with Crippen LogP contribution in [0.5, 0.6) is 0 Å². The van der Waals surface area contributed by atoms with Crippen LogP contribution in [0.4, 0.5) is 5.69 Å². The molecule has 0 unspecified atom stereocenters. The van der Waals surface area contributed by atoms with Crippen LogP contribution in [0.15, 0.2) is 53.4 Å². The molecule has 8 heteroatoms. The van der Waals surface area contributed by atoms with Crippen LogP contribution < -0.4 is 9.62 Å². The number of likely N-dealkylation sites (N-methyl/N-ethyl adjacent to an activating group) is 1. The van der Waals surface area contributed by atoms with Crippen LogP contribution in [0.3, 0.4) is 0 Å². The molecule has 0 atom stereocenters. The third kappa shape index (κ3) is 5.27. The molecule has 2 aromatic rings. The summed E-state index contributed by atoms with van der Waals surface area (Å²) in [6.07, 6.45) is 6.78. The summed E-state index contributed by atoms with van der Waals surface area (Å²) in [4.78, 5) is 15.1. The van der Waals surface area contributed by atoms with Gasteiger partial charge in [0, 0.05) is 24.7 Å². The van der Waals surface area contributed by atoms with E-state index in [1.165, 1.54) is 36.3 Å². The number of hydrogen-bond acceptors (Lipinski definition) is 4. The molecule has 2 aromatic carbocycles. The van der Waals surface area contributed by atoms with E-state index < -0.39 is 10.0 Å². The van der Waals surface area contributed by atoms with Crippen LogP contribution in [0, 0.1) is 0 Å². The molecule has 0 bridgehead atoms. The average molecular weight is 478 g/mol. The first-order valence-corrected chi connectivity index (χ1v) is 12.8. The van der Waals surface area contributed by atoms with Crippen LogP contribution in [0.25, 0.3) is 0 Å². The summed E-state index contributed by atoms with van der Waals surface area (Å²) in [6, 6.07) is 13.1. The van der Waals surface area contributed by atoms with Gasteiger partial charge in [0.1, 0.15) is 4.90 Å². The number of sulfonamides is 1. The van der Waals surface area contributed by atoms with E-state index in [-0.39, 0.29) is 26.9 Å². The Balaban J connectivity index is 1.82. The third-order valence-corrected chi connectivity index (χ3v) is 8.78. The van der Waals surface area contributed by atoms with Crippen LogP contribution in [0.2, 0.25) is 5.02 Å². The van der Waals surface area contributed by atoms with Crippen molar-refractivity contribution in [3.63, 3.8) is 0 Å². The number of hydrogen-bond donors (Lipinski definition) is 1. The van der Waals surface area contributed by atoms with Gasteiger partial charge in [-0.1, -0.05) is 55.5 Å². The number of anilines is 1. The number of amides is 1. The lowest BCUT2D eigenvalue weighted by Crippen LogP contribution is -2.52. The molecule has 3 rings (SSSR count). The number of nitrogens with zero attached hydrogens (tertiary/aromatic N) is 2. The minimum absolute atomic E-state index is 0.0814. The molecular formula is C24H32ClN3O3S. The molecule has 174 valence electrons. The Bertz CT molecular complexity index is 1030. The first-order valence-electron chi connectivity index (χ1n) is 11.0. The summed E-state index contributed by atoms with van der Waals surface area (Å²) in [5, 5.41) is 3.13. The van der Waals surface area contributed by atoms with Gasteiger partial charge in [-0.2, -0.15) is 0 Å². The average Bonchev–Trinajstić information content (AvgIpc) is 3.04. The number of carbonyl (C=O) groups excluding carboxylic acids is 1. The van der Waals surface area contributed by atoms with Gasteiger partial charge in [-0.25, -0.2) is 8.42 Å². The fraction of sp³-hybridized carbons (Fsp3) is 0.458. The fourth-order valence-electron chi connectivity index (χ4n) is 4.28. The highest BCUT2D eigenvalue weighted by Crippen LogP contribution is 2.31. The van der Waals surface area contributed by atoms with Gasteiger partial charge in [0.05, 0.1) is 10.7 Å². The number of rotatable bonds is 7. The highest BCUT2D eigenvalue weighted by Gasteiger charge is 2.34. The first-order chi connectivity index (χ1) is 15.2. The van der Waals surface area contributed by atoms with E-state index in [4.69, 9.17) is 11.6 Å². The molecule has 0 saturated heterocycles. The zero-order chi connectivity index (χ0) is 23.4. The number of carbonyl (C=O) groups is 1. The number of benzene rings is 2. The van der Waals surface area contributed by atoms with Gasteiger partial charge >= 0.3 is 0 Å². The second kappa shape index (κ2) is 10.2. The van der Waals surface area contributed by atoms with E-state index in [9.17, 15) is 13.2 Å². The van der Waals surface area contributed by atoms with Crippen molar-refractivity contribution < 1.29 is 13.2 Å². The lowest BCUT2D eigenvalue weighted by atomic mass is 9.88. The Labute approximate surface area is 196 Å². The predicted octanol–water partition coefficient (Wildman–Crippen LogP) is 4.55. The summed E-state index contributed by atoms with van der Waals surface area (Å²) < 4.78 is 27.6. The maximum atomic E-state index is 13.2. The highest BCUT2D eigenvalue weighted by molar-refractivity contribution is 7.93. The van der Waals surface area contributed by atoms with Crippen molar-refractivity contribution in [3.05, 3.63) is 59.1 Å². The molecule has 0 aromatic heterocycles. The van der Waals surface area contributed by atoms with E-state index in [0.717, 1.165) is 25.7 Å². The first kappa shape index (κ1) is 24.6. The molecule has 1 aliphatic rings. The van der Waals surface area contributed by atoms with E-state index in [0.29, 0.717) is 12.2 Å². The molecule has 1 amide bonds. The molecule has 0 radical (unpaired) electrons. The van der Waals surface area contributed by atoms with E-state index in [1.54, 1.807) is 30.3 Å². The van der Waals surface area contributed by atoms with E-state index in [2.05, 4.69) is 24.3 Å².